The Kier molecular flexibility index (Phi) is 8.36. The summed E-state index contributed by atoms with van der Waals surface area (Å²) in [6.07, 6.45) is 4.16. The van der Waals surface area contributed by atoms with E-state index in [1.165, 1.54) is 22.2 Å². The number of thiocarbonyl (C=S) groups is 1. The number of thioether (sulfide) groups is 1. The molecule has 168 valence electrons. The summed E-state index contributed by atoms with van der Waals surface area (Å²) in [5.41, 5.74) is 3.09. The monoisotopic (exact) mass is 469 g/mol. The van der Waals surface area contributed by atoms with Gasteiger partial charge in [-0.3, -0.25) is 9.69 Å². The molecular weight excluding hydrogens is 442 g/mol. The van der Waals surface area contributed by atoms with E-state index < -0.39 is 0 Å². The zero-order valence-corrected chi connectivity index (χ0v) is 20.2. The van der Waals surface area contributed by atoms with Crippen LogP contribution in [0, 0.1) is 13.8 Å². The van der Waals surface area contributed by atoms with Gasteiger partial charge in [-0.2, -0.15) is 0 Å². The number of para-hydroxylation sites is 1. The fourth-order valence-corrected chi connectivity index (χ4v) is 4.53. The molecule has 1 aliphatic heterocycles. The molecule has 1 fully saturated rings. The third-order valence-electron chi connectivity index (χ3n) is 4.82. The van der Waals surface area contributed by atoms with Gasteiger partial charge >= 0.3 is 0 Å². The molecule has 2 aromatic carbocycles. The van der Waals surface area contributed by atoms with E-state index in [-0.39, 0.29) is 5.91 Å². The number of methoxy groups -OCH3 is 1. The Balaban J connectivity index is 1.67. The number of nitrogens with zero attached hydrogens (tertiary/aromatic N) is 1. The summed E-state index contributed by atoms with van der Waals surface area (Å²) in [7, 11) is 1.60. The maximum Gasteiger partial charge on any atom is 0.266 e. The van der Waals surface area contributed by atoms with E-state index in [0.29, 0.717) is 46.9 Å². The van der Waals surface area contributed by atoms with Crippen LogP contribution >= 0.6 is 24.0 Å². The molecular formula is C25H27NO4S2. The van der Waals surface area contributed by atoms with Crippen LogP contribution in [0.25, 0.3) is 6.08 Å². The van der Waals surface area contributed by atoms with Crippen molar-refractivity contribution in [2.45, 2.75) is 20.3 Å². The van der Waals surface area contributed by atoms with Gasteiger partial charge in [0.05, 0.1) is 25.2 Å². The highest BCUT2D eigenvalue weighted by molar-refractivity contribution is 8.26. The Hall–Kier alpha value is -2.77. The van der Waals surface area contributed by atoms with Gasteiger partial charge in [0.25, 0.3) is 5.91 Å². The van der Waals surface area contributed by atoms with Crippen LogP contribution in [0.5, 0.6) is 17.2 Å². The average Bonchev–Trinajstić information content (AvgIpc) is 3.03. The molecule has 3 rings (SSSR count). The van der Waals surface area contributed by atoms with Crippen molar-refractivity contribution in [2.75, 3.05) is 26.9 Å². The molecule has 0 bridgehead atoms. The molecule has 0 aliphatic carbocycles. The summed E-state index contributed by atoms with van der Waals surface area (Å²) in [5.74, 6) is 1.96. The van der Waals surface area contributed by atoms with Gasteiger partial charge in [0.2, 0.25) is 0 Å². The van der Waals surface area contributed by atoms with Gasteiger partial charge in [-0.05, 0) is 37.6 Å². The molecule has 0 saturated carbocycles. The van der Waals surface area contributed by atoms with Crippen molar-refractivity contribution in [3.8, 4) is 17.2 Å². The molecule has 1 aliphatic rings. The number of hydrogen-bond donors (Lipinski definition) is 0. The first kappa shape index (κ1) is 23.9. The number of carbonyl (C=O) groups is 1. The third kappa shape index (κ3) is 5.72. The van der Waals surface area contributed by atoms with Crippen LogP contribution in [0.15, 0.2) is 54.0 Å². The lowest BCUT2D eigenvalue weighted by atomic mass is 10.1. The summed E-state index contributed by atoms with van der Waals surface area (Å²) >= 11 is 6.60. The molecule has 0 N–H and O–H groups in total. The Morgan fingerprint density at radius 3 is 2.62 bits per heavy atom. The summed E-state index contributed by atoms with van der Waals surface area (Å²) < 4.78 is 18.0. The highest BCUT2D eigenvalue weighted by atomic mass is 32.2. The third-order valence-corrected chi connectivity index (χ3v) is 6.20. The minimum Gasteiger partial charge on any atom is -0.493 e. The summed E-state index contributed by atoms with van der Waals surface area (Å²) in [5, 5.41) is 0. The first-order chi connectivity index (χ1) is 15.4. The van der Waals surface area contributed by atoms with E-state index in [2.05, 4.69) is 19.6 Å². The van der Waals surface area contributed by atoms with Crippen LogP contribution in [-0.4, -0.2) is 42.0 Å². The maximum atomic E-state index is 12.7. The standard InChI is InChI=1S/C25H27NO4S2/c1-5-12-26-24(27)22(32-25(26)31)16-19-8-6-9-21(28-4)23(19)30-14-7-13-29-20-11-10-17(2)15-18(20)3/h5-6,8-11,15-16H,1,7,12-14H2,2-4H3. The highest BCUT2D eigenvalue weighted by Gasteiger charge is 2.31. The minimum absolute atomic E-state index is 0.129. The van der Waals surface area contributed by atoms with Gasteiger partial charge in [0.15, 0.2) is 11.5 Å². The first-order valence-electron chi connectivity index (χ1n) is 10.3. The fraction of sp³-hybridized carbons (Fsp3) is 0.280. The van der Waals surface area contributed by atoms with E-state index in [9.17, 15) is 4.79 Å². The number of ether oxygens (including phenoxy) is 3. The Bertz CT molecular complexity index is 1050. The number of hydrogen-bond acceptors (Lipinski definition) is 6. The first-order valence-corrected chi connectivity index (χ1v) is 11.5. The molecule has 1 heterocycles. The SMILES string of the molecule is C=CCN1C(=O)C(=Cc2cccc(OC)c2OCCCOc2ccc(C)cc2C)SC1=S. The van der Waals surface area contributed by atoms with Gasteiger partial charge < -0.3 is 14.2 Å². The van der Waals surface area contributed by atoms with Crippen LogP contribution in [0.1, 0.15) is 23.1 Å². The van der Waals surface area contributed by atoms with E-state index >= 15 is 0 Å². The van der Waals surface area contributed by atoms with Crippen LogP contribution < -0.4 is 14.2 Å². The van der Waals surface area contributed by atoms with E-state index in [1.54, 1.807) is 19.3 Å². The molecule has 0 radical (unpaired) electrons. The lowest BCUT2D eigenvalue weighted by Gasteiger charge is -2.14. The highest BCUT2D eigenvalue weighted by Crippen LogP contribution is 2.37. The molecule has 0 atom stereocenters. The second kappa shape index (κ2) is 11.2. The molecule has 7 heteroatoms. The van der Waals surface area contributed by atoms with Crippen molar-refractivity contribution in [3.63, 3.8) is 0 Å². The molecule has 2 aromatic rings. The average molecular weight is 470 g/mol. The van der Waals surface area contributed by atoms with Crippen molar-refractivity contribution in [2.24, 2.45) is 0 Å². The van der Waals surface area contributed by atoms with Gasteiger partial charge in [-0.25, -0.2) is 0 Å². The Labute approximate surface area is 199 Å². The second-order valence-corrected chi connectivity index (χ2v) is 8.95. The predicted octanol–water partition coefficient (Wildman–Crippen LogP) is 5.55. The van der Waals surface area contributed by atoms with Crippen LogP contribution in [0.3, 0.4) is 0 Å². The van der Waals surface area contributed by atoms with Crippen LogP contribution in [0.2, 0.25) is 0 Å². The quantitative estimate of drug-likeness (QED) is 0.197. The molecule has 1 saturated heterocycles. The lowest BCUT2D eigenvalue weighted by molar-refractivity contribution is -0.121. The van der Waals surface area contributed by atoms with Crippen LogP contribution in [-0.2, 0) is 4.79 Å². The van der Waals surface area contributed by atoms with Crippen molar-refractivity contribution < 1.29 is 19.0 Å². The van der Waals surface area contributed by atoms with E-state index in [4.69, 9.17) is 26.4 Å². The van der Waals surface area contributed by atoms with Crippen molar-refractivity contribution in [1.82, 2.24) is 4.90 Å². The molecule has 5 nitrogen and oxygen atoms in total. The van der Waals surface area contributed by atoms with Crippen molar-refractivity contribution in [3.05, 3.63) is 70.6 Å². The number of rotatable bonds is 10. The number of aryl methyl sites for hydroxylation is 2. The fourth-order valence-electron chi connectivity index (χ4n) is 3.27. The van der Waals surface area contributed by atoms with E-state index in [0.717, 1.165) is 16.9 Å². The summed E-state index contributed by atoms with van der Waals surface area (Å²) in [4.78, 5) is 14.8. The zero-order chi connectivity index (χ0) is 23.1. The molecule has 32 heavy (non-hydrogen) atoms. The molecule has 0 unspecified atom stereocenters. The van der Waals surface area contributed by atoms with Gasteiger partial charge in [-0.1, -0.05) is 59.9 Å². The largest absolute Gasteiger partial charge is 0.493 e. The van der Waals surface area contributed by atoms with Crippen molar-refractivity contribution >= 4 is 40.3 Å². The summed E-state index contributed by atoms with van der Waals surface area (Å²) in [6, 6.07) is 11.7. The van der Waals surface area contributed by atoms with Gasteiger partial charge in [0, 0.05) is 18.5 Å². The maximum absolute atomic E-state index is 12.7. The summed E-state index contributed by atoms with van der Waals surface area (Å²) in [6.45, 7) is 9.17. The Morgan fingerprint density at radius 1 is 1.12 bits per heavy atom. The number of carbonyl (C=O) groups excluding carboxylic acids is 1. The van der Waals surface area contributed by atoms with E-state index in [1.807, 2.05) is 37.3 Å². The molecule has 0 spiro atoms. The minimum atomic E-state index is -0.129. The normalized spacial score (nSPS) is 14.7. The van der Waals surface area contributed by atoms with Gasteiger partial charge in [-0.15, -0.1) is 6.58 Å². The molecule has 1 amide bonds. The second-order valence-electron chi connectivity index (χ2n) is 7.28. The number of benzene rings is 2. The van der Waals surface area contributed by atoms with Crippen LogP contribution in [0.4, 0.5) is 0 Å². The topological polar surface area (TPSA) is 48.0 Å². The number of amides is 1. The van der Waals surface area contributed by atoms with Crippen molar-refractivity contribution in [1.29, 1.82) is 0 Å². The smallest absolute Gasteiger partial charge is 0.266 e. The lowest BCUT2D eigenvalue weighted by Crippen LogP contribution is -2.27. The zero-order valence-electron chi connectivity index (χ0n) is 18.6. The molecule has 0 aromatic heterocycles. The van der Waals surface area contributed by atoms with Gasteiger partial charge in [0.1, 0.15) is 10.1 Å². The predicted molar refractivity (Wildman–Crippen MR) is 135 cm³/mol. The Morgan fingerprint density at radius 2 is 1.91 bits per heavy atom.